The van der Waals surface area contributed by atoms with Gasteiger partial charge in [-0.3, -0.25) is 9.89 Å². The molecule has 7 nitrogen and oxygen atoms in total. The van der Waals surface area contributed by atoms with Crippen molar-refractivity contribution < 1.29 is 14.1 Å². The smallest absolute Gasteiger partial charge is 0.258 e. The fourth-order valence-corrected chi connectivity index (χ4v) is 3.10. The molecule has 0 unspecified atom stereocenters. The van der Waals surface area contributed by atoms with Gasteiger partial charge < -0.3 is 9.26 Å². The Morgan fingerprint density at radius 1 is 1.24 bits per heavy atom. The Balaban J connectivity index is 1.69. The summed E-state index contributed by atoms with van der Waals surface area (Å²) in [7, 11) is 0. The molecule has 3 aromatic rings. The molecule has 0 amide bonds. The second kappa shape index (κ2) is 5.84. The maximum Gasteiger partial charge on any atom is 0.258 e. The lowest BCUT2D eigenvalue weighted by atomic mass is 9.85. The van der Waals surface area contributed by atoms with E-state index in [1.165, 1.54) is 0 Å². The summed E-state index contributed by atoms with van der Waals surface area (Å²) < 4.78 is 11.5. The molecule has 0 saturated carbocycles. The number of hydrogen-bond acceptors (Lipinski definition) is 6. The zero-order valence-corrected chi connectivity index (χ0v) is 14.1. The highest BCUT2D eigenvalue weighted by Gasteiger charge is 2.37. The largest absolute Gasteiger partial charge is 0.486 e. The Morgan fingerprint density at radius 3 is 2.80 bits per heavy atom. The van der Waals surface area contributed by atoms with Crippen molar-refractivity contribution in [3.05, 3.63) is 36.2 Å². The highest BCUT2D eigenvalue weighted by molar-refractivity contribution is 6.01. The molecular weight excluding hydrogens is 320 g/mol. The minimum atomic E-state index is -0.398. The summed E-state index contributed by atoms with van der Waals surface area (Å²) in [5.41, 5.74) is 1.60. The third-order valence-corrected chi connectivity index (χ3v) is 4.81. The van der Waals surface area contributed by atoms with Crippen LogP contribution in [0, 0.1) is 0 Å². The molecule has 1 aliphatic rings. The second-order valence-corrected chi connectivity index (χ2v) is 6.21. The molecule has 1 aromatic carbocycles. The quantitative estimate of drug-likeness (QED) is 0.780. The number of aromatic nitrogens is 4. The number of H-pyrrole nitrogens is 1. The molecule has 0 spiro atoms. The average Bonchev–Trinajstić information content (AvgIpc) is 3.32. The van der Waals surface area contributed by atoms with Gasteiger partial charge in [-0.1, -0.05) is 19.0 Å². The molecule has 25 heavy (non-hydrogen) atoms. The van der Waals surface area contributed by atoms with Crippen LogP contribution in [0.2, 0.25) is 0 Å². The maximum absolute atomic E-state index is 12.6. The average molecular weight is 338 g/mol. The van der Waals surface area contributed by atoms with Crippen LogP contribution in [0.25, 0.3) is 22.8 Å². The van der Waals surface area contributed by atoms with Gasteiger partial charge in [0.2, 0.25) is 5.82 Å². The van der Waals surface area contributed by atoms with Gasteiger partial charge in [0.25, 0.3) is 5.89 Å². The summed E-state index contributed by atoms with van der Waals surface area (Å²) in [6, 6.07) is 5.41. The number of aromatic amines is 1. The van der Waals surface area contributed by atoms with Gasteiger partial charge in [-0.15, -0.1) is 0 Å². The Morgan fingerprint density at radius 2 is 2.08 bits per heavy atom. The number of carbonyl (C=O) groups is 1. The topological polar surface area (TPSA) is 93.9 Å². The van der Waals surface area contributed by atoms with Crippen molar-refractivity contribution in [2.75, 3.05) is 0 Å². The van der Waals surface area contributed by atoms with Crippen LogP contribution in [0.4, 0.5) is 0 Å². The summed E-state index contributed by atoms with van der Waals surface area (Å²) >= 11 is 0. The van der Waals surface area contributed by atoms with Crippen LogP contribution in [0.5, 0.6) is 5.75 Å². The number of Topliss-reactive ketones (excluding diaryl/α,β-unsaturated/α-hetero) is 1. The zero-order valence-electron chi connectivity index (χ0n) is 14.1. The molecule has 0 fully saturated rings. The highest BCUT2D eigenvalue weighted by atomic mass is 16.5. The Hall–Kier alpha value is -2.96. The van der Waals surface area contributed by atoms with E-state index in [0.29, 0.717) is 35.0 Å². The fraction of sp³-hybridized carbons (Fsp3) is 0.333. The molecule has 2 aromatic heterocycles. The first-order chi connectivity index (χ1) is 12.1. The molecule has 128 valence electrons. The van der Waals surface area contributed by atoms with Crippen LogP contribution in [0.3, 0.4) is 0 Å². The van der Waals surface area contributed by atoms with E-state index in [-0.39, 0.29) is 5.78 Å². The van der Waals surface area contributed by atoms with Gasteiger partial charge in [0.1, 0.15) is 11.4 Å². The Kier molecular flexibility index (Phi) is 3.63. The van der Waals surface area contributed by atoms with Gasteiger partial charge in [0, 0.05) is 11.8 Å². The van der Waals surface area contributed by atoms with Crippen LogP contribution in [0.15, 0.2) is 35.1 Å². The summed E-state index contributed by atoms with van der Waals surface area (Å²) in [6.07, 6.45) is 5.30. The molecule has 0 radical (unpaired) electrons. The predicted molar refractivity (Wildman–Crippen MR) is 90.2 cm³/mol. The van der Waals surface area contributed by atoms with Gasteiger partial charge in [-0.2, -0.15) is 10.1 Å². The molecule has 3 heterocycles. The van der Waals surface area contributed by atoms with E-state index < -0.39 is 5.60 Å². The number of nitrogens with one attached hydrogen (secondary N) is 1. The van der Waals surface area contributed by atoms with Crippen LogP contribution < -0.4 is 4.74 Å². The normalized spacial score (nSPS) is 15.7. The molecule has 1 aliphatic heterocycles. The summed E-state index contributed by atoms with van der Waals surface area (Å²) in [6.45, 7) is 4.10. The molecule has 0 atom stereocenters. The monoisotopic (exact) mass is 338 g/mol. The van der Waals surface area contributed by atoms with Crippen LogP contribution >= 0.6 is 0 Å². The number of rotatable bonds is 4. The van der Waals surface area contributed by atoms with Crippen molar-refractivity contribution in [1.29, 1.82) is 0 Å². The van der Waals surface area contributed by atoms with Crippen molar-refractivity contribution in [3.8, 4) is 28.6 Å². The van der Waals surface area contributed by atoms with Gasteiger partial charge in [0.15, 0.2) is 5.78 Å². The Bertz CT molecular complexity index is 910. The number of benzene rings is 1. The van der Waals surface area contributed by atoms with E-state index in [2.05, 4.69) is 20.3 Å². The molecule has 1 N–H and O–H groups in total. The second-order valence-electron chi connectivity index (χ2n) is 6.21. The number of nitrogens with zero attached hydrogens (tertiary/aromatic N) is 3. The highest BCUT2D eigenvalue weighted by Crippen LogP contribution is 2.38. The third kappa shape index (κ3) is 2.61. The van der Waals surface area contributed by atoms with Crippen LogP contribution in [0.1, 0.15) is 43.5 Å². The van der Waals surface area contributed by atoms with Gasteiger partial charge in [-0.25, -0.2) is 0 Å². The van der Waals surface area contributed by atoms with Gasteiger partial charge in [0.05, 0.1) is 23.7 Å². The number of ether oxygens (including phenoxy) is 1. The van der Waals surface area contributed by atoms with E-state index in [0.717, 1.165) is 18.4 Å². The van der Waals surface area contributed by atoms with Crippen LogP contribution in [-0.4, -0.2) is 31.7 Å². The Labute approximate surface area is 144 Å². The lowest BCUT2D eigenvalue weighted by Gasteiger charge is -2.36. The molecule has 4 rings (SSSR count). The van der Waals surface area contributed by atoms with Crippen molar-refractivity contribution in [1.82, 2.24) is 20.3 Å². The minimum absolute atomic E-state index is 0.0846. The van der Waals surface area contributed by atoms with Crippen LogP contribution in [-0.2, 0) is 0 Å². The zero-order chi connectivity index (χ0) is 17.4. The van der Waals surface area contributed by atoms with Crippen molar-refractivity contribution >= 4 is 5.78 Å². The SMILES string of the molecule is CCC1(CC)CC(=O)c2cc(-c3nc(-c4cn[nH]c4)no3)ccc2O1. The molecule has 7 heteroatoms. The first-order valence-corrected chi connectivity index (χ1v) is 8.33. The predicted octanol–water partition coefficient (Wildman–Crippen LogP) is 3.65. The first-order valence-electron chi connectivity index (χ1n) is 8.33. The molecule has 0 saturated heterocycles. The van der Waals surface area contributed by atoms with Gasteiger partial charge in [-0.05, 0) is 31.0 Å². The van der Waals surface area contributed by atoms with E-state index in [4.69, 9.17) is 9.26 Å². The number of carbonyl (C=O) groups excluding carboxylic acids is 1. The third-order valence-electron chi connectivity index (χ3n) is 4.81. The molecule has 0 aliphatic carbocycles. The van der Waals surface area contributed by atoms with E-state index in [1.807, 2.05) is 26.0 Å². The molecule has 0 bridgehead atoms. The summed E-state index contributed by atoms with van der Waals surface area (Å²) in [4.78, 5) is 17.0. The van der Waals surface area contributed by atoms with E-state index in [9.17, 15) is 4.79 Å². The molecular formula is C18H18N4O3. The van der Waals surface area contributed by atoms with Crippen molar-refractivity contribution in [2.45, 2.75) is 38.7 Å². The fourth-order valence-electron chi connectivity index (χ4n) is 3.10. The lowest BCUT2D eigenvalue weighted by Crippen LogP contribution is -2.40. The lowest BCUT2D eigenvalue weighted by molar-refractivity contribution is 0.0350. The number of fused-ring (bicyclic) bond motifs is 1. The van der Waals surface area contributed by atoms with E-state index in [1.54, 1.807) is 18.5 Å². The standard InChI is InChI=1S/C18H18N4O3/c1-3-18(4-2)8-14(23)13-7-11(5-6-15(13)24-18)17-21-16(22-25-17)12-9-19-20-10-12/h5-7,9-10H,3-4,8H2,1-2H3,(H,19,20). The van der Waals surface area contributed by atoms with E-state index >= 15 is 0 Å². The van der Waals surface area contributed by atoms with Gasteiger partial charge >= 0.3 is 0 Å². The number of ketones is 1. The summed E-state index contributed by atoms with van der Waals surface area (Å²) in [5, 5.41) is 10.5. The van der Waals surface area contributed by atoms with Crippen molar-refractivity contribution in [2.24, 2.45) is 0 Å². The maximum atomic E-state index is 12.6. The minimum Gasteiger partial charge on any atom is -0.486 e. The first kappa shape index (κ1) is 15.6. The number of hydrogen-bond donors (Lipinski definition) is 1. The summed E-state index contributed by atoms with van der Waals surface area (Å²) in [5.74, 6) is 1.51. The van der Waals surface area contributed by atoms with Crippen molar-refractivity contribution in [3.63, 3.8) is 0 Å².